The summed E-state index contributed by atoms with van der Waals surface area (Å²) in [6, 6.07) is 0. The van der Waals surface area contributed by atoms with E-state index in [4.69, 9.17) is 15.3 Å². The van der Waals surface area contributed by atoms with E-state index >= 15 is 0 Å². The zero-order valence-corrected chi connectivity index (χ0v) is 8.85. The Morgan fingerprint density at radius 3 is 1.75 bits per heavy atom. The minimum absolute atomic E-state index is 0.733. The van der Waals surface area contributed by atoms with Gasteiger partial charge in [0.2, 0.25) is 0 Å². The third kappa shape index (κ3) is 3.47. The number of aliphatic carboxylic acids is 3. The zero-order valence-electron chi connectivity index (χ0n) is 7.95. The van der Waals surface area contributed by atoms with Gasteiger partial charge in [0.05, 0.1) is 6.42 Å². The highest BCUT2D eigenvalue weighted by Gasteiger charge is 2.47. The van der Waals surface area contributed by atoms with Crippen molar-refractivity contribution >= 4 is 25.6 Å². The lowest BCUT2D eigenvalue weighted by Gasteiger charge is -2.18. The molecule has 0 aliphatic heterocycles. The average molecular weight is 252 g/mol. The van der Waals surface area contributed by atoms with Gasteiger partial charge in [0.1, 0.15) is 0 Å². The molecule has 0 saturated heterocycles. The number of hydrogen-bond acceptors (Lipinski definition) is 5. The molecule has 0 radical (unpaired) electrons. The van der Waals surface area contributed by atoms with Gasteiger partial charge < -0.3 is 15.3 Å². The maximum Gasteiger partial charge on any atom is 0.334 e. The normalized spacial score (nSPS) is 13.8. The van der Waals surface area contributed by atoms with E-state index in [1.807, 2.05) is 0 Å². The molecule has 0 rings (SSSR count). The minimum Gasteiger partial charge on any atom is -0.481 e. The highest BCUT2D eigenvalue weighted by Crippen LogP contribution is 2.37. The second-order valence-corrected chi connectivity index (χ2v) is 4.43. The van der Waals surface area contributed by atoms with Gasteiger partial charge in [0, 0.05) is 6.42 Å². The van der Waals surface area contributed by atoms with Gasteiger partial charge in [-0.15, -0.1) is 0 Å². The lowest BCUT2D eigenvalue weighted by molar-refractivity contribution is -0.147. The quantitative estimate of drug-likeness (QED) is 0.549. The van der Waals surface area contributed by atoms with Crippen molar-refractivity contribution in [3.8, 4) is 0 Å². The molecular weight excluding hydrogens is 243 g/mol. The first-order chi connectivity index (χ1) is 7.22. The smallest absolute Gasteiger partial charge is 0.334 e. The summed E-state index contributed by atoms with van der Waals surface area (Å²) in [4.78, 5) is 31.4. The van der Waals surface area contributed by atoms with Crippen LogP contribution in [0, 0.1) is 0 Å². The fourth-order valence-electron chi connectivity index (χ4n) is 1.07. The first kappa shape index (κ1) is 14.3. The third-order valence-corrected chi connectivity index (χ3v) is 3.22. The van der Waals surface area contributed by atoms with E-state index in [1.54, 1.807) is 0 Å². The van der Waals surface area contributed by atoms with Crippen LogP contribution in [0.4, 0.5) is 0 Å². The van der Waals surface area contributed by atoms with E-state index in [-0.39, 0.29) is 0 Å². The van der Waals surface area contributed by atoms with Gasteiger partial charge in [0.25, 0.3) is 0 Å². The van der Waals surface area contributed by atoms with Gasteiger partial charge in [-0.2, -0.15) is 0 Å². The largest absolute Gasteiger partial charge is 0.481 e. The first-order valence-corrected chi connectivity index (χ1v) is 5.21. The van der Waals surface area contributed by atoms with Crippen molar-refractivity contribution in [1.29, 1.82) is 0 Å². The molecule has 1 atom stereocenters. The van der Waals surface area contributed by atoms with Crippen molar-refractivity contribution in [1.82, 2.24) is 0 Å². The Morgan fingerprint density at radius 1 is 1.00 bits per heavy atom. The monoisotopic (exact) mass is 252 g/mol. The molecule has 0 bridgehead atoms. The number of rotatable bonds is 7. The van der Waals surface area contributed by atoms with Crippen LogP contribution in [0.5, 0.6) is 0 Å². The summed E-state index contributed by atoms with van der Waals surface area (Å²) in [5.74, 6) is -4.87. The lowest BCUT2D eigenvalue weighted by Crippen LogP contribution is -2.36. The maximum atomic E-state index is 10.8. The fraction of sp³-hybridized carbons (Fsp3) is 0.571. The molecule has 1 unspecified atom stereocenters. The standard InChI is InChI=1S/C7H9O8P/c8-4(9)1-2-7(6(12)13,16(14)15)3-5(10)11/h1-3H2,(H,8,9)(H,10,11)(H,12,13). The van der Waals surface area contributed by atoms with E-state index in [0.717, 1.165) is 0 Å². The molecule has 90 valence electrons. The molecule has 0 aromatic rings. The predicted octanol–water partition coefficient (Wildman–Crippen LogP) is 0.322. The van der Waals surface area contributed by atoms with Crippen LogP contribution in [0.3, 0.4) is 0 Å². The molecule has 0 heterocycles. The Balaban J connectivity index is 5.18. The molecule has 0 fully saturated rings. The van der Waals surface area contributed by atoms with Crippen molar-refractivity contribution in [2.45, 2.75) is 24.4 Å². The van der Waals surface area contributed by atoms with Gasteiger partial charge in [-0.05, 0) is 6.42 Å². The predicted molar refractivity (Wildman–Crippen MR) is 47.8 cm³/mol. The summed E-state index contributed by atoms with van der Waals surface area (Å²) in [7, 11) is -3.59. The molecule has 0 aromatic heterocycles. The van der Waals surface area contributed by atoms with E-state index in [1.165, 1.54) is 0 Å². The molecule has 0 spiro atoms. The molecule has 0 aromatic carbocycles. The lowest BCUT2D eigenvalue weighted by atomic mass is 9.98. The Kier molecular flexibility index (Phi) is 4.84. The van der Waals surface area contributed by atoms with Crippen molar-refractivity contribution in [3.05, 3.63) is 0 Å². The Labute approximate surface area is 89.7 Å². The van der Waals surface area contributed by atoms with Crippen molar-refractivity contribution < 1.29 is 38.8 Å². The highest BCUT2D eigenvalue weighted by molar-refractivity contribution is 7.34. The highest BCUT2D eigenvalue weighted by atomic mass is 31.1. The Bertz CT molecular complexity index is 376. The summed E-state index contributed by atoms with van der Waals surface area (Å²) in [6.07, 6.45) is -2.67. The van der Waals surface area contributed by atoms with Gasteiger partial charge >= 0.3 is 25.6 Å². The second kappa shape index (κ2) is 5.41. The van der Waals surface area contributed by atoms with Gasteiger partial charge in [-0.3, -0.25) is 14.4 Å². The molecular formula is C7H9O8P. The summed E-state index contributed by atoms with van der Waals surface area (Å²) in [5.41, 5.74) is 0. The van der Waals surface area contributed by atoms with Crippen LogP contribution in [0.1, 0.15) is 19.3 Å². The SMILES string of the molecule is O=C(O)CCC(CC(=O)O)(C(=O)O)P(=O)=O. The summed E-state index contributed by atoms with van der Waals surface area (Å²) >= 11 is 0. The molecule has 16 heavy (non-hydrogen) atoms. The molecule has 0 aliphatic carbocycles. The van der Waals surface area contributed by atoms with Crippen LogP contribution in [-0.4, -0.2) is 38.4 Å². The zero-order chi connectivity index (χ0) is 12.9. The average Bonchev–Trinajstić information content (AvgIpc) is 2.10. The molecule has 9 heteroatoms. The molecule has 0 aliphatic rings. The molecule has 8 nitrogen and oxygen atoms in total. The van der Waals surface area contributed by atoms with Crippen LogP contribution >= 0.6 is 7.68 Å². The van der Waals surface area contributed by atoms with Crippen molar-refractivity contribution in [2.75, 3.05) is 0 Å². The minimum atomic E-state index is -3.59. The van der Waals surface area contributed by atoms with E-state index in [0.29, 0.717) is 0 Å². The van der Waals surface area contributed by atoms with Gasteiger partial charge in [-0.25, -0.2) is 9.13 Å². The first-order valence-electron chi connectivity index (χ1n) is 4.04. The Morgan fingerprint density at radius 2 is 1.50 bits per heavy atom. The van der Waals surface area contributed by atoms with E-state index in [9.17, 15) is 23.5 Å². The van der Waals surface area contributed by atoms with Gasteiger partial charge in [0.15, 0.2) is 5.16 Å². The molecule has 0 saturated carbocycles. The maximum absolute atomic E-state index is 10.8. The topological polar surface area (TPSA) is 146 Å². The van der Waals surface area contributed by atoms with Crippen LogP contribution in [-0.2, 0) is 23.5 Å². The van der Waals surface area contributed by atoms with Crippen LogP contribution < -0.4 is 0 Å². The third-order valence-electron chi connectivity index (χ3n) is 1.94. The van der Waals surface area contributed by atoms with E-state index < -0.39 is 50.0 Å². The number of carboxylic acid groups (broad SMARTS) is 3. The van der Waals surface area contributed by atoms with Gasteiger partial charge in [-0.1, -0.05) is 0 Å². The number of carbonyl (C=O) groups is 3. The summed E-state index contributed by atoms with van der Waals surface area (Å²) < 4.78 is 21.6. The number of hydrogen-bond donors (Lipinski definition) is 3. The number of carboxylic acids is 3. The fourth-order valence-corrected chi connectivity index (χ4v) is 1.78. The summed E-state index contributed by atoms with van der Waals surface area (Å²) in [5, 5.41) is 22.9. The summed E-state index contributed by atoms with van der Waals surface area (Å²) in [6.45, 7) is 0. The van der Waals surface area contributed by atoms with Crippen LogP contribution in [0.2, 0.25) is 0 Å². The van der Waals surface area contributed by atoms with Crippen molar-refractivity contribution in [2.24, 2.45) is 0 Å². The van der Waals surface area contributed by atoms with Crippen molar-refractivity contribution in [3.63, 3.8) is 0 Å². The second-order valence-electron chi connectivity index (χ2n) is 3.06. The van der Waals surface area contributed by atoms with E-state index in [2.05, 4.69) is 0 Å². The Hall–Kier alpha value is -1.69. The molecule has 3 N–H and O–H groups in total. The molecule has 0 amide bonds. The van der Waals surface area contributed by atoms with Crippen LogP contribution in [0.25, 0.3) is 0 Å². The van der Waals surface area contributed by atoms with Crippen LogP contribution in [0.15, 0.2) is 0 Å².